The smallest absolute Gasteiger partial charge is 0.0695 e. The number of aliphatic hydroxyl groups excluding tert-OH is 1. The Morgan fingerprint density at radius 3 is 2.79 bits per heavy atom. The second-order valence-electron chi connectivity index (χ2n) is 5.21. The summed E-state index contributed by atoms with van der Waals surface area (Å²) in [6.45, 7) is 3.45. The molecule has 14 heavy (non-hydrogen) atoms. The first-order chi connectivity index (χ1) is 6.77. The molecule has 0 spiro atoms. The maximum atomic E-state index is 9.92. The minimum absolute atomic E-state index is 0.0813. The van der Waals surface area contributed by atoms with Gasteiger partial charge in [-0.2, -0.15) is 0 Å². The molecule has 1 heterocycles. The van der Waals surface area contributed by atoms with Crippen molar-refractivity contribution >= 4 is 0 Å². The minimum atomic E-state index is -0.0813. The first-order valence-electron chi connectivity index (χ1n) is 6.19. The van der Waals surface area contributed by atoms with Gasteiger partial charge in [0.15, 0.2) is 0 Å². The average molecular weight is 197 g/mol. The van der Waals surface area contributed by atoms with Crippen molar-refractivity contribution in [2.75, 3.05) is 6.54 Å². The van der Waals surface area contributed by atoms with E-state index >= 15 is 0 Å². The van der Waals surface area contributed by atoms with E-state index in [-0.39, 0.29) is 6.10 Å². The van der Waals surface area contributed by atoms with E-state index in [0.717, 1.165) is 24.8 Å². The van der Waals surface area contributed by atoms with Crippen LogP contribution in [0.4, 0.5) is 0 Å². The molecule has 82 valence electrons. The third-order valence-electron chi connectivity index (χ3n) is 4.04. The van der Waals surface area contributed by atoms with Crippen LogP contribution in [0.25, 0.3) is 0 Å². The van der Waals surface area contributed by atoms with Crippen LogP contribution in [-0.4, -0.2) is 23.8 Å². The van der Waals surface area contributed by atoms with Crippen molar-refractivity contribution in [1.82, 2.24) is 5.32 Å². The molecule has 0 amide bonds. The van der Waals surface area contributed by atoms with Crippen molar-refractivity contribution < 1.29 is 5.11 Å². The van der Waals surface area contributed by atoms with Gasteiger partial charge in [0.1, 0.15) is 0 Å². The van der Waals surface area contributed by atoms with Crippen molar-refractivity contribution in [3.8, 4) is 0 Å². The summed E-state index contributed by atoms with van der Waals surface area (Å²) in [6, 6.07) is 0.399. The fraction of sp³-hybridized carbons (Fsp3) is 1.00. The molecular weight excluding hydrogens is 174 g/mol. The topological polar surface area (TPSA) is 32.3 Å². The Hall–Kier alpha value is -0.0800. The zero-order valence-corrected chi connectivity index (χ0v) is 9.21. The third kappa shape index (κ3) is 2.29. The molecule has 2 heteroatoms. The quantitative estimate of drug-likeness (QED) is 0.622. The van der Waals surface area contributed by atoms with E-state index in [4.69, 9.17) is 0 Å². The number of hydrogen-bond acceptors (Lipinski definition) is 2. The molecule has 2 fully saturated rings. The van der Waals surface area contributed by atoms with Crippen LogP contribution in [0, 0.1) is 11.8 Å². The molecule has 2 aliphatic rings. The van der Waals surface area contributed by atoms with Gasteiger partial charge >= 0.3 is 0 Å². The number of rotatable bonds is 0. The van der Waals surface area contributed by atoms with Gasteiger partial charge in [-0.1, -0.05) is 19.8 Å². The minimum Gasteiger partial charge on any atom is -0.391 e. The Bertz CT molecular complexity index is 183. The third-order valence-corrected chi connectivity index (χ3v) is 4.04. The predicted octanol–water partition coefficient (Wildman–Crippen LogP) is 1.93. The lowest BCUT2D eigenvalue weighted by atomic mass is 9.77. The molecule has 1 aliphatic heterocycles. The zero-order chi connectivity index (χ0) is 9.97. The molecule has 4 atom stereocenters. The molecule has 1 saturated heterocycles. The Morgan fingerprint density at radius 2 is 1.93 bits per heavy atom. The first-order valence-corrected chi connectivity index (χ1v) is 6.19. The van der Waals surface area contributed by atoms with Gasteiger partial charge < -0.3 is 10.4 Å². The average Bonchev–Trinajstić information content (AvgIpc) is 2.14. The number of hydrogen-bond donors (Lipinski definition) is 2. The van der Waals surface area contributed by atoms with Crippen LogP contribution in [0.1, 0.15) is 45.4 Å². The molecule has 2 unspecified atom stereocenters. The number of nitrogens with one attached hydrogen (secondary N) is 1. The molecule has 1 aliphatic carbocycles. The normalized spacial score (nSPS) is 45.0. The van der Waals surface area contributed by atoms with Crippen molar-refractivity contribution in [2.24, 2.45) is 11.8 Å². The largest absolute Gasteiger partial charge is 0.391 e. The van der Waals surface area contributed by atoms with Gasteiger partial charge in [-0.3, -0.25) is 0 Å². The summed E-state index contributed by atoms with van der Waals surface area (Å²) in [5.74, 6) is 1.60. The lowest BCUT2D eigenvalue weighted by molar-refractivity contribution is 0.0474. The Labute approximate surface area is 87.1 Å². The van der Waals surface area contributed by atoms with Crippen LogP contribution in [0.2, 0.25) is 0 Å². The van der Waals surface area contributed by atoms with Crippen molar-refractivity contribution in [2.45, 2.75) is 57.6 Å². The molecule has 2 nitrogen and oxygen atoms in total. The molecule has 0 aromatic carbocycles. The maximum Gasteiger partial charge on any atom is 0.0695 e. The molecule has 0 radical (unpaired) electrons. The SMILES string of the molecule is CC1CCN[C@@H]2C(CCC[C@@H]2O)CC1. The van der Waals surface area contributed by atoms with Gasteiger partial charge in [-0.05, 0) is 44.1 Å². The Balaban J connectivity index is 1.96. The predicted molar refractivity (Wildman–Crippen MR) is 58.2 cm³/mol. The monoisotopic (exact) mass is 197 g/mol. The standard InChI is InChI=1S/C12H23NO/c1-9-5-6-10-3-2-4-11(14)12(10)13-8-7-9/h9-14H,2-8H2,1H3/t9?,10?,11-,12+/m0/s1. The van der Waals surface area contributed by atoms with E-state index in [2.05, 4.69) is 12.2 Å². The summed E-state index contributed by atoms with van der Waals surface area (Å²) < 4.78 is 0. The fourth-order valence-electron chi connectivity index (χ4n) is 3.03. The molecule has 2 N–H and O–H groups in total. The highest BCUT2D eigenvalue weighted by Crippen LogP contribution is 2.31. The lowest BCUT2D eigenvalue weighted by Gasteiger charge is -2.38. The maximum absolute atomic E-state index is 9.92. The van der Waals surface area contributed by atoms with Crippen LogP contribution in [-0.2, 0) is 0 Å². The Morgan fingerprint density at radius 1 is 1.07 bits per heavy atom. The van der Waals surface area contributed by atoms with Crippen molar-refractivity contribution in [1.29, 1.82) is 0 Å². The van der Waals surface area contributed by atoms with Crippen LogP contribution in [0.15, 0.2) is 0 Å². The van der Waals surface area contributed by atoms with Crippen LogP contribution in [0.5, 0.6) is 0 Å². The lowest BCUT2D eigenvalue weighted by Crippen LogP contribution is -2.49. The molecule has 0 bridgehead atoms. The van der Waals surface area contributed by atoms with Gasteiger partial charge in [0.25, 0.3) is 0 Å². The van der Waals surface area contributed by atoms with Gasteiger partial charge in [0, 0.05) is 6.04 Å². The summed E-state index contributed by atoms with van der Waals surface area (Å²) in [6.07, 6.45) is 7.41. The van der Waals surface area contributed by atoms with Crippen LogP contribution < -0.4 is 5.32 Å². The van der Waals surface area contributed by atoms with Gasteiger partial charge in [-0.15, -0.1) is 0 Å². The van der Waals surface area contributed by atoms with Crippen molar-refractivity contribution in [3.63, 3.8) is 0 Å². The number of fused-ring (bicyclic) bond motifs is 1. The highest BCUT2D eigenvalue weighted by Gasteiger charge is 2.32. The van der Waals surface area contributed by atoms with Gasteiger partial charge in [0.2, 0.25) is 0 Å². The van der Waals surface area contributed by atoms with Gasteiger partial charge in [0.05, 0.1) is 6.10 Å². The van der Waals surface area contributed by atoms with E-state index in [9.17, 15) is 5.11 Å². The van der Waals surface area contributed by atoms with Crippen LogP contribution in [0.3, 0.4) is 0 Å². The highest BCUT2D eigenvalue weighted by atomic mass is 16.3. The second-order valence-corrected chi connectivity index (χ2v) is 5.21. The van der Waals surface area contributed by atoms with E-state index in [1.54, 1.807) is 0 Å². The summed E-state index contributed by atoms with van der Waals surface area (Å²) in [7, 11) is 0. The van der Waals surface area contributed by atoms with E-state index in [1.807, 2.05) is 0 Å². The molecule has 0 aromatic rings. The number of aliphatic hydroxyl groups is 1. The first kappa shape index (κ1) is 10.4. The van der Waals surface area contributed by atoms with E-state index in [0.29, 0.717) is 6.04 Å². The Kier molecular flexibility index (Phi) is 3.45. The van der Waals surface area contributed by atoms with E-state index in [1.165, 1.54) is 32.1 Å². The molecule has 1 saturated carbocycles. The summed E-state index contributed by atoms with van der Waals surface area (Å²) >= 11 is 0. The molecular formula is C12H23NO. The van der Waals surface area contributed by atoms with Gasteiger partial charge in [-0.25, -0.2) is 0 Å². The second kappa shape index (κ2) is 4.63. The van der Waals surface area contributed by atoms with E-state index < -0.39 is 0 Å². The summed E-state index contributed by atoms with van der Waals surface area (Å²) in [5, 5.41) is 13.5. The summed E-state index contributed by atoms with van der Waals surface area (Å²) in [4.78, 5) is 0. The summed E-state index contributed by atoms with van der Waals surface area (Å²) in [5.41, 5.74) is 0. The highest BCUT2D eigenvalue weighted by molar-refractivity contribution is 4.88. The zero-order valence-electron chi connectivity index (χ0n) is 9.21. The molecule has 2 rings (SSSR count). The van der Waals surface area contributed by atoms with Crippen LogP contribution >= 0.6 is 0 Å². The fourth-order valence-corrected chi connectivity index (χ4v) is 3.03. The molecule has 0 aromatic heterocycles. The van der Waals surface area contributed by atoms with Crippen molar-refractivity contribution in [3.05, 3.63) is 0 Å².